The summed E-state index contributed by atoms with van der Waals surface area (Å²) >= 11 is 0. The number of hydrogen-bond donors (Lipinski definition) is 2. The Hall–Kier alpha value is -1.66. The van der Waals surface area contributed by atoms with Gasteiger partial charge in [-0.1, -0.05) is 12.7 Å². The van der Waals surface area contributed by atoms with Gasteiger partial charge in [0, 0.05) is 12.2 Å². The Morgan fingerprint density at radius 3 is 2.31 bits per heavy atom. The van der Waals surface area contributed by atoms with E-state index in [0.717, 1.165) is 12.2 Å². The van der Waals surface area contributed by atoms with Gasteiger partial charge in [0.05, 0.1) is 6.61 Å². The van der Waals surface area contributed by atoms with Crippen LogP contribution in [0.25, 0.3) is 0 Å². The van der Waals surface area contributed by atoms with Gasteiger partial charge in [-0.05, 0) is 0 Å². The summed E-state index contributed by atoms with van der Waals surface area (Å²) in [6.07, 6.45) is 2.04. The van der Waals surface area contributed by atoms with Crippen LogP contribution in [-0.4, -0.2) is 48.1 Å². The number of rotatable bonds is 7. The zero-order valence-corrected chi connectivity index (χ0v) is 8.67. The highest BCUT2D eigenvalue weighted by atomic mass is 16.5. The zero-order chi connectivity index (χ0) is 12.4. The summed E-state index contributed by atoms with van der Waals surface area (Å²) in [6.45, 7) is 2.57. The quantitative estimate of drug-likeness (QED) is 0.337. The van der Waals surface area contributed by atoms with Gasteiger partial charge >= 0.3 is 11.9 Å². The van der Waals surface area contributed by atoms with Crippen LogP contribution < -0.4 is 0 Å². The highest BCUT2D eigenvalue weighted by molar-refractivity contribution is 5.91. The van der Waals surface area contributed by atoms with E-state index < -0.39 is 24.6 Å². The second-order valence-electron chi connectivity index (χ2n) is 2.72. The number of carbonyl (C=O) groups is 2. The zero-order valence-electron chi connectivity index (χ0n) is 8.67. The van der Waals surface area contributed by atoms with Crippen molar-refractivity contribution < 1.29 is 29.3 Å². The molecule has 1 unspecified atom stereocenters. The summed E-state index contributed by atoms with van der Waals surface area (Å²) in [7, 11) is 0. The predicted molar refractivity (Wildman–Crippen MR) is 54.3 cm³/mol. The minimum absolute atomic E-state index is 0.0570. The average molecular weight is 230 g/mol. The van der Waals surface area contributed by atoms with Crippen LogP contribution in [0.1, 0.15) is 0 Å². The molecule has 0 fully saturated rings. The highest BCUT2D eigenvalue weighted by Gasteiger charge is 2.05. The first-order valence-corrected chi connectivity index (χ1v) is 4.51. The molecule has 0 spiro atoms. The van der Waals surface area contributed by atoms with Gasteiger partial charge in [-0.2, -0.15) is 0 Å². The van der Waals surface area contributed by atoms with E-state index >= 15 is 0 Å². The minimum atomic E-state index is -1.12. The molecule has 0 saturated carbocycles. The third kappa shape index (κ3) is 7.72. The number of esters is 2. The fourth-order valence-corrected chi connectivity index (χ4v) is 0.604. The maximum atomic E-state index is 10.9. The Kier molecular flexibility index (Phi) is 7.74. The van der Waals surface area contributed by atoms with Crippen molar-refractivity contribution in [2.24, 2.45) is 0 Å². The summed E-state index contributed by atoms with van der Waals surface area (Å²) in [6, 6.07) is 0. The molecule has 1 atom stereocenters. The molecule has 0 aliphatic heterocycles. The van der Waals surface area contributed by atoms with Crippen LogP contribution >= 0.6 is 0 Å². The second-order valence-corrected chi connectivity index (χ2v) is 2.72. The molecule has 0 aliphatic carbocycles. The Labute approximate surface area is 92.8 Å². The molecule has 6 heteroatoms. The third-order valence-electron chi connectivity index (χ3n) is 1.33. The number of carbonyl (C=O) groups excluding carboxylic acids is 2. The normalized spacial score (nSPS) is 12.1. The van der Waals surface area contributed by atoms with Crippen LogP contribution in [0.15, 0.2) is 24.8 Å². The molecule has 16 heavy (non-hydrogen) atoms. The van der Waals surface area contributed by atoms with Gasteiger partial charge in [0.25, 0.3) is 0 Å². The van der Waals surface area contributed by atoms with E-state index in [1.807, 2.05) is 0 Å². The molecule has 2 N–H and O–H groups in total. The van der Waals surface area contributed by atoms with E-state index in [1.54, 1.807) is 0 Å². The molecular formula is C10H14O6. The van der Waals surface area contributed by atoms with Gasteiger partial charge in [0.15, 0.2) is 0 Å². The van der Waals surface area contributed by atoms with Gasteiger partial charge in [-0.25, -0.2) is 9.59 Å². The van der Waals surface area contributed by atoms with Crippen molar-refractivity contribution in [2.45, 2.75) is 6.10 Å². The lowest BCUT2D eigenvalue weighted by atomic mass is 10.4. The Balaban J connectivity index is 3.81. The van der Waals surface area contributed by atoms with Crippen LogP contribution in [0.5, 0.6) is 0 Å². The van der Waals surface area contributed by atoms with Crippen molar-refractivity contribution >= 4 is 11.9 Å². The summed E-state index contributed by atoms with van der Waals surface area (Å²) in [5.74, 6) is -1.50. The molecule has 0 radical (unpaired) electrons. The Morgan fingerprint density at radius 2 is 1.81 bits per heavy atom. The van der Waals surface area contributed by atoms with Crippen molar-refractivity contribution in [3.05, 3.63) is 24.8 Å². The summed E-state index contributed by atoms with van der Waals surface area (Å²) < 4.78 is 9.03. The van der Waals surface area contributed by atoms with Crippen molar-refractivity contribution in [2.75, 3.05) is 19.8 Å². The molecule has 90 valence electrons. The third-order valence-corrected chi connectivity index (χ3v) is 1.33. The topological polar surface area (TPSA) is 93.1 Å². The minimum Gasteiger partial charge on any atom is -0.460 e. The van der Waals surface area contributed by atoms with Gasteiger partial charge in [0.2, 0.25) is 0 Å². The molecule has 0 saturated heterocycles. The van der Waals surface area contributed by atoms with Crippen molar-refractivity contribution in [1.82, 2.24) is 0 Å². The highest BCUT2D eigenvalue weighted by Crippen LogP contribution is 1.88. The van der Waals surface area contributed by atoms with E-state index in [1.165, 1.54) is 6.08 Å². The molecule has 0 aromatic heterocycles. The standard InChI is InChI=1S/C10H14O6/c1-2-5-15-9(13)3-4-10(14)16-7-8(12)6-11/h2-4,8,11-12H,1,5-7H2/b4-3+. The lowest BCUT2D eigenvalue weighted by Gasteiger charge is -2.05. The van der Waals surface area contributed by atoms with E-state index in [-0.39, 0.29) is 13.2 Å². The lowest BCUT2D eigenvalue weighted by Crippen LogP contribution is -2.21. The molecule has 0 aromatic carbocycles. The van der Waals surface area contributed by atoms with Crippen molar-refractivity contribution in [1.29, 1.82) is 0 Å². The molecule has 0 amide bonds. The van der Waals surface area contributed by atoms with Gasteiger partial charge < -0.3 is 19.7 Å². The molecule has 0 aromatic rings. The van der Waals surface area contributed by atoms with Gasteiger partial charge in [0.1, 0.15) is 19.3 Å². The molecular weight excluding hydrogens is 216 g/mol. The van der Waals surface area contributed by atoms with Crippen LogP contribution in [0.4, 0.5) is 0 Å². The van der Waals surface area contributed by atoms with Crippen molar-refractivity contribution in [3.8, 4) is 0 Å². The molecule has 0 bridgehead atoms. The largest absolute Gasteiger partial charge is 0.460 e. The number of hydrogen-bond acceptors (Lipinski definition) is 6. The molecule has 0 heterocycles. The molecule has 0 aliphatic rings. The Bertz CT molecular complexity index is 270. The first-order valence-electron chi connectivity index (χ1n) is 4.51. The first-order chi connectivity index (χ1) is 7.60. The second kappa shape index (κ2) is 8.63. The maximum Gasteiger partial charge on any atom is 0.331 e. The Morgan fingerprint density at radius 1 is 1.25 bits per heavy atom. The monoisotopic (exact) mass is 230 g/mol. The van der Waals surface area contributed by atoms with Gasteiger partial charge in [-0.3, -0.25) is 0 Å². The van der Waals surface area contributed by atoms with E-state index in [0.29, 0.717) is 0 Å². The maximum absolute atomic E-state index is 10.9. The summed E-state index contributed by atoms with van der Waals surface area (Å²) in [5.41, 5.74) is 0. The van der Waals surface area contributed by atoms with E-state index in [9.17, 15) is 9.59 Å². The van der Waals surface area contributed by atoms with E-state index in [4.69, 9.17) is 10.2 Å². The fourth-order valence-electron chi connectivity index (χ4n) is 0.604. The SMILES string of the molecule is C=CCOC(=O)/C=C/C(=O)OCC(O)CO. The van der Waals surface area contributed by atoms with Crippen molar-refractivity contribution in [3.63, 3.8) is 0 Å². The molecule has 0 rings (SSSR count). The summed E-state index contributed by atoms with van der Waals surface area (Å²) in [4.78, 5) is 21.8. The first kappa shape index (κ1) is 14.3. The van der Waals surface area contributed by atoms with Crippen LogP contribution in [0.3, 0.4) is 0 Å². The average Bonchev–Trinajstić information content (AvgIpc) is 2.30. The van der Waals surface area contributed by atoms with Crippen LogP contribution in [-0.2, 0) is 19.1 Å². The fraction of sp³-hybridized carbons (Fsp3) is 0.400. The summed E-state index contributed by atoms with van der Waals surface area (Å²) in [5, 5.41) is 17.3. The van der Waals surface area contributed by atoms with Crippen LogP contribution in [0.2, 0.25) is 0 Å². The number of aliphatic hydroxyl groups excluding tert-OH is 2. The number of aliphatic hydroxyl groups is 2. The van der Waals surface area contributed by atoms with Gasteiger partial charge in [-0.15, -0.1) is 0 Å². The van der Waals surface area contributed by atoms with E-state index in [2.05, 4.69) is 16.1 Å². The number of ether oxygens (including phenoxy) is 2. The smallest absolute Gasteiger partial charge is 0.331 e. The predicted octanol–water partition coefficient (Wildman–Crippen LogP) is -0.832. The molecule has 6 nitrogen and oxygen atoms in total. The van der Waals surface area contributed by atoms with Crippen LogP contribution in [0, 0.1) is 0 Å². The lowest BCUT2D eigenvalue weighted by molar-refractivity contribution is -0.142.